The Labute approximate surface area is 219 Å². The Morgan fingerprint density at radius 3 is 2.72 bits per heavy atom. The Hall–Kier alpha value is -3.56. The number of aryl methyl sites for hydroxylation is 2. The highest BCUT2D eigenvalue weighted by Crippen LogP contribution is 2.35. The molecule has 2 heterocycles. The van der Waals surface area contributed by atoms with Crippen LogP contribution in [-0.4, -0.2) is 34.2 Å². The van der Waals surface area contributed by atoms with Crippen LogP contribution in [0.15, 0.2) is 64.1 Å². The van der Waals surface area contributed by atoms with Crippen LogP contribution in [0.3, 0.4) is 0 Å². The summed E-state index contributed by atoms with van der Waals surface area (Å²) in [6, 6.07) is 14.8. The highest BCUT2D eigenvalue weighted by molar-refractivity contribution is 8.26. The van der Waals surface area contributed by atoms with Crippen molar-refractivity contribution >= 4 is 51.9 Å². The number of nitrogens with one attached hydrogen (secondary N) is 1. The number of hydrogen-bond donors (Lipinski definition) is 1. The van der Waals surface area contributed by atoms with Crippen LogP contribution in [0.5, 0.6) is 11.5 Å². The third-order valence-electron chi connectivity index (χ3n) is 5.36. The molecule has 3 aromatic rings. The zero-order chi connectivity index (χ0) is 25.7. The number of furan rings is 1. The van der Waals surface area contributed by atoms with Crippen molar-refractivity contribution in [3.63, 3.8) is 0 Å². The fourth-order valence-electron chi connectivity index (χ4n) is 3.55. The number of nitrogens with zero attached hydrogens (tertiary/aromatic N) is 1. The number of amides is 2. The van der Waals surface area contributed by atoms with Gasteiger partial charge >= 0.3 is 0 Å². The summed E-state index contributed by atoms with van der Waals surface area (Å²) in [5.74, 6) is 1.14. The van der Waals surface area contributed by atoms with Gasteiger partial charge < -0.3 is 19.2 Å². The number of thioether (sulfide) groups is 1. The lowest BCUT2D eigenvalue weighted by molar-refractivity contribution is -0.122. The van der Waals surface area contributed by atoms with Gasteiger partial charge in [-0.15, -0.1) is 0 Å². The molecule has 9 heteroatoms. The first-order valence-electron chi connectivity index (χ1n) is 11.4. The molecule has 186 valence electrons. The second-order valence-electron chi connectivity index (χ2n) is 8.14. The van der Waals surface area contributed by atoms with E-state index in [-0.39, 0.29) is 25.0 Å². The summed E-state index contributed by atoms with van der Waals surface area (Å²) in [7, 11) is 0. The predicted octanol–water partition coefficient (Wildman–Crippen LogP) is 5.71. The van der Waals surface area contributed by atoms with Gasteiger partial charge in [-0.3, -0.25) is 14.5 Å². The molecule has 1 saturated heterocycles. The molecule has 1 aromatic heterocycles. The summed E-state index contributed by atoms with van der Waals surface area (Å²) >= 11 is 6.64. The number of hydrogen-bond acceptors (Lipinski definition) is 7. The largest absolute Gasteiger partial charge is 0.490 e. The van der Waals surface area contributed by atoms with Crippen LogP contribution in [-0.2, 0) is 16.1 Å². The van der Waals surface area contributed by atoms with Crippen LogP contribution in [0.1, 0.15) is 29.4 Å². The van der Waals surface area contributed by atoms with Gasteiger partial charge in [0.05, 0.1) is 24.3 Å². The normalized spacial score (nSPS) is 14.4. The van der Waals surface area contributed by atoms with Gasteiger partial charge in [-0.05, 0) is 73.9 Å². The van der Waals surface area contributed by atoms with Gasteiger partial charge in [0.15, 0.2) is 18.1 Å². The second-order valence-corrected chi connectivity index (χ2v) is 9.82. The molecular weight excluding hydrogens is 496 g/mol. The fourth-order valence-corrected chi connectivity index (χ4v) is 4.80. The highest BCUT2D eigenvalue weighted by atomic mass is 32.2. The molecule has 4 rings (SSSR count). The summed E-state index contributed by atoms with van der Waals surface area (Å²) in [4.78, 5) is 27.4. The number of rotatable bonds is 9. The van der Waals surface area contributed by atoms with E-state index in [1.807, 2.05) is 39.0 Å². The van der Waals surface area contributed by atoms with Crippen molar-refractivity contribution < 1.29 is 23.5 Å². The summed E-state index contributed by atoms with van der Waals surface area (Å²) in [6.07, 6.45) is 3.33. The summed E-state index contributed by atoms with van der Waals surface area (Å²) in [5, 5.41) is 2.88. The van der Waals surface area contributed by atoms with E-state index in [4.69, 9.17) is 26.1 Å². The quantitative estimate of drug-likeness (QED) is 0.285. The molecule has 1 aliphatic heterocycles. The zero-order valence-electron chi connectivity index (χ0n) is 20.2. The Morgan fingerprint density at radius 2 is 1.97 bits per heavy atom. The average molecular weight is 523 g/mol. The number of anilines is 1. The Bertz CT molecular complexity index is 1320. The van der Waals surface area contributed by atoms with E-state index >= 15 is 0 Å². The van der Waals surface area contributed by atoms with Crippen molar-refractivity contribution in [1.82, 2.24) is 4.90 Å². The first-order valence-corrected chi connectivity index (χ1v) is 12.6. The summed E-state index contributed by atoms with van der Waals surface area (Å²) in [6.45, 7) is 6.31. The Kier molecular flexibility index (Phi) is 8.12. The zero-order valence-corrected chi connectivity index (χ0v) is 21.8. The van der Waals surface area contributed by atoms with Crippen molar-refractivity contribution in [3.8, 4) is 11.5 Å². The average Bonchev–Trinajstić information content (AvgIpc) is 3.45. The molecule has 0 atom stereocenters. The lowest BCUT2D eigenvalue weighted by Gasteiger charge is -2.14. The molecule has 2 aromatic carbocycles. The molecule has 1 fully saturated rings. The predicted molar refractivity (Wildman–Crippen MR) is 145 cm³/mol. The fraction of sp³-hybridized carbons (Fsp3) is 0.222. The third kappa shape index (κ3) is 6.16. The van der Waals surface area contributed by atoms with Crippen LogP contribution in [0.2, 0.25) is 0 Å². The van der Waals surface area contributed by atoms with Crippen molar-refractivity contribution in [1.29, 1.82) is 0 Å². The number of ether oxygens (including phenoxy) is 2. The van der Waals surface area contributed by atoms with Gasteiger partial charge in [-0.2, -0.15) is 0 Å². The monoisotopic (exact) mass is 522 g/mol. The van der Waals surface area contributed by atoms with Gasteiger partial charge in [0.25, 0.3) is 11.8 Å². The van der Waals surface area contributed by atoms with Gasteiger partial charge in [0, 0.05) is 5.69 Å². The van der Waals surface area contributed by atoms with Crippen molar-refractivity contribution in [2.75, 3.05) is 18.5 Å². The molecule has 0 saturated carbocycles. The Morgan fingerprint density at radius 1 is 1.14 bits per heavy atom. The maximum atomic E-state index is 12.9. The molecule has 0 unspecified atom stereocenters. The minimum absolute atomic E-state index is 0.168. The molecule has 0 radical (unpaired) electrons. The number of carbonyl (C=O) groups is 2. The van der Waals surface area contributed by atoms with Crippen molar-refractivity contribution in [2.24, 2.45) is 0 Å². The molecule has 7 nitrogen and oxygen atoms in total. The molecule has 0 aliphatic carbocycles. The highest BCUT2D eigenvalue weighted by Gasteiger charge is 2.32. The molecule has 0 spiro atoms. The maximum Gasteiger partial charge on any atom is 0.266 e. The smallest absolute Gasteiger partial charge is 0.266 e. The molecule has 2 amide bonds. The molecular formula is C27H26N2O5S2. The Balaban J connectivity index is 1.44. The van der Waals surface area contributed by atoms with E-state index in [2.05, 4.69) is 5.32 Å². The molecule has 1 aliphatic rings. The van der Waals surface area contributed by atoms with Crippen molar-refractivity contribution in [3.05, 3.63) is 82.1 Å². The summed E-state index contributed by atoms with van der Waals surface area (Å²) < 4.78 is 17.3. The van der Waals surface area contributed by atoms with E-state index in [0.29, 0.717) is 33.1 Å². The van der Waals surface area contributed by atoms with E-state index in [0.717, 1.165) is 22.4 Å². The number of carbonyl (C=O) groups excluding carboxylic acids is 2. The van der Waals surface area contributed by atoms with Crippen LogP contribution >= 0.6 is 24.0 Å². The van der Waals surface area contributed by atoms with Gasteiger partial charge in [-0.1, -0.05) is 42.2 Å². The standard InChI is InChI=1S/C27H26N2O5S2/c1-4-32-23-13-19(14-24-26(31)29(27(35)36-24)15-20-6-5-11-33-20)9-10-22(23)34-16-25(30)28-21-12-17(2)7-8-18(21)3/h5-14H,4,15-16H2,1-3H3,(H,28,30)/b24-14-. The van der Waals surface area contributed by atoms with Crippen LogP contribution in [0, 0.1) is 13.8 Å². The number of benzene rings is 2. The van der Waals surface area contributed by atoms with E-state index < -0.39 is 0 Å². The van der Waals surface area contributed by atoms with Gasteiger partial charge in [0.2, 0.25) is 0 Å². The lowest BCUT2D eigenvalue weighted by Crippen LogP contribution is -2.27. The van der Waals surface area contributed by atoms with E-state index in [9.17, 15) is 9.59 Å². The first kappa shape index (κ1) is 25.5. The van der Waals surface area contributed by atoms with Crippen LogP contribution in [0.4, 0.5) is 5.69 Å². The minimum Gasteiger partial charge on any atom is -0.490 e. The SMILES string of the molecule is CCOc1cc(/C=C2\SC(=S)N(Cc3ccco3)C2=O)ccc1OCC(=O)Nc1cc(C)ccc1C. The van der Waals surface area contributed by atoms with Gasteiger partial charge in [0.1, 0.15) is 10.1 Å². The van der Waals surface area contributed by atoms with E-state index in [1.165, 1.54) is 16.7 Å². The van der Waals surface area contributed by atoms with Crippen LogP contribution in [0.25, 0.3) is 6.08 Å². The molecule has 1 N–H and O–H groups in total. The minimum atomic E-state index is -0.268. The third-order valence-corrected chi connectivity index (χ3v) is 6.74. The van der Waals surface area contributed by atoms with Crippen molar-refractivity contribution in [2.45, 2.75) is 27.3 Å². The van der Waals surface area contributed by atoms with Gasteiger partial charge in [-0.25, -0.2) is 0 Å². The molecule has 0 bridgehead atoms. The topological polar surface area (TPSA) is 81.0 Å². The second kappa shape index (κ2) is 11.5. The number of thiocarbonyl (C=S) groups is 1. The molecule has 36 heavy (non-hydrogen) atoms. The first-order chi connectivity index (χ1) is 17.3. The maximum absolute atomic E-state index is 12.9. The van der Waals surface area contributed by atoms with Crippen LogP contribution < -0.4 is 14.8 Å². The van der Waals surface area contributed by atoms with E-state index in [1.54, 1.807) is 42.7 Å². The lowest BCUT2D eigenvalue weighted by atomic mass is 10.1. The summed E-state index contributed by atoms with van der Waals surface area (Å²) in [5.41, 5.74) is 3.55.